The number of hydrogen-bond donors (Lipinski definition) is 1. The molecule has 0 unspecified atom stereocenters. The lowest BCUT2D eigenvalue weighted by molar-refractivity contribution is -0.121. The van der Waals surface area contributed by atoms with Crippen molar-refractivity contribution in [1.29, 1.82) is 0 Å². The van der Waals surface area contributed by atoms with Crippen LogP contribution in [0.4, 0.5) is 0 Å². The molecule has 0 saturated carbocycles. The zero-order valence-corrected chi connectivity index (χ0v) is 12.6. The molecule has 0 aliphatic carbocycles. The Bertz CT molecular complexity index is 548. The summed E-state index contributed by atoms with van der Waals surface area (Å²) in [6.07, 6.45) is 7.38. The van der Waals surface area contributed by atoms with Crippen molar-refractivity contribution in [2.24, 2.45) is 0 Å². The first-order chi connectivity index (χ1) is 10.3. The molecule has 1 aromatic heterocycles. The second-order valence-electron chi connectivity index (χ2n) is 5.12. The quantitative estimate of drug-likeness (QED) is 0.757. The summed E-state index contributed by atoms with van der Waals surface area (Å²) in [6, 6.07) is 10.2. The minimum atomic E-state index is 0.158. The predicted molar refractivity (Wildman–Crippen MR) is 84.8 cm³/mol. The Labute approximate surface area is 126 Å². The van der Waals surface area contributed by atoms with Crippen LogP contribution in [0.25, 0.3) is 11.4 Å². The van der Waals surface area contributed by atoms with E-state index in [1.807, 2.05) is 30.6 Å². The first kappa shape index (κ1) is 15.3. The van der Waals surface area contributed by atoms with Crippen LogP contribution in [0.15, 0.2) is 42.7 Å². The van der Waals surface area contributed by atoms with Gasteiger partial charge in [0.25, 0.3) is 0 Å². The topological polar surface area (TPSA) is 46.9 Å². The molecule has 1 N–H and O–H groups in total. The van der Waals surface area contributed by atoms with Gasteiger partial charge in [0.1, 0.15) is 5.82 Å². The van der Waals surface area contributed by atoms with E-state index in [4.69, 9.17) is 0 Å². The third kappa shape index (κ3) is 4.74. The molecule has 21 heavy (non-hydrogen) atoms. The van der Waals surface area contributed by atoms with Crippen LogP contribution in [0.2, 0.25) is 0 Å². The molecule has 1 heterocycles. The monoisotopic (exact) mass is 285 g/mol. The number of unbranched alkanes of at least 4 members (excludes halogenated alkanes) is 1. The van der Waals surface area contributed by atoms with Gasteiger partial charge in [-0.05, 0) is 12.8 Å². The number of imidazole rings is 1. The number of aromatic nitrogens is 2. The van der Waals surface area contributed by atoms with Crippen molar-refractivity contribution in [2.45, 2.75) is 39.2 Å². The molecule has 0 bridgehead atoms. The molecule has 0 aliphatic heterocycles. The first-order valence-electron chi connectivity index (χ1n) is 7.64. The van der Waals surface area contributed by atoms with Gasteiger partial charge in [-0.3, -0.25) is 4.79 Å². The molecule has 4 nitrogen and oxygen atoms in total. The van der Waals surface area contributed by atoms with Gasteiger partial charge in [-0.2, -0.15) is 0 Å². The lowest BCUT2D eigenvalue weighted by Gasteiger charge is -2.09. The van der Waals surface area contributed by atoms with Crippen molar-refractivity contribution >= 4 is 5.91 Å². The Kier molecular flexibility index (Phi) is 6.00. The predicted octanol–water partition coefficient (Wildman–Crippen LogP) is 3.25. The zero-order chi connectivity index (χ0) is 14.9. The molecule has 0 radical (unpaired) electrons. The van der Waals surface area contributed by atoms with Crippen LogP contribution in [-0.2, 0) is 11.3 Å². The van der Waals surface area contributed by atoms with Gasteiger partial charge in [-0.1, -0.05) is 43.7 Å². The third-order valence-electron chi connectivity index (χ3n) is 3.40. The van der Waals surface area contributed by atoms with Gasteiger partial charge in [0.15, 0.2) is 0 Å². The molecule has 1 amide bonds. The number of amides is 1. The number of nitrogens with zero attached hydrogens (tertiary/aromatic N) is 2. The maximum absolute atomic E-state index is 11.5. The Morgan fingerprint density at radius 1 is 1.24 bits per heavy atom. The number of nitrogens with one attached hydrogen (secondary N) is 1. The summed E-state index contributed by atoms with van der Waals surface area (Å²) in [5, 5.41) is 2.97. The van der Waals surface area contributed by atoms with E-state index in [9.17, 15) is 4.79 Å². The van der Waals surface area contributed by atoms with Gasteiger partial charge < -0.3 is 9.88 Å². The van der Waals surface area contributed by atoms with Gasteiger partial charge >= 0.3 is 0 Å². The number of hydrogen-bond acceptors (Lipinski definition) is 2. The summed E-state index contributed by atoms with van der Waals surface area (Å²) >= 11 is 0. The summed E-state index contributed by atoms with van der Waals surface area (Å²) in [6.45, 7) is 3.67. The summed E-state index contributed by atoms with van der Waals surface area (Å²) in [7, 11) is 0. The van der Waals surface area contributed by atoms with Crippen molar-refractivity contribution in [3.63, 3.8) is 0 Å². The highest BCUT2D eigenvalue weighted by atomic mass is 16.1. The van der Waals surface area contributed by atoms with Crippen molar-refractivity contribution in [1.82, 2.24) is 14.9 Å². The molecule has 0 spiro atoms. The SMILES string of the molecule is CCCCC(=O)NCCCn1ccnc1-c1ccccc1. The Morgan fingerprint density at radius 3 is 2.81 bits per heavy atom. The van der Waals surface area contributed by atoms with Gasteiger partial charge in [0.2, 0.25) is 5.91 Å². The highest BCUT2D eigenvalue weighted by Gasteiger charge is 2.05. The van der Waals surface area contributed by atoms with Crippen LogP contribution in [0.5, 0.6) is 0 Å². The molecule has 0 fully saturated rings. The average Bonchev–Trinajstić information content (AvgIpc) is 2.99. The van der Waals surface area contributed by atoms with Crippen LogP contribution >= 0.6 is 0 Å². The minimum Gasteiger partial charge on any atom is -0.356 e. The van der Waals surface area contributed by atoms with E-state index in [1.54, 1.807) is 0 Å². The number of benzene rings is 1. The lowest BCUT2D eigenvalue weighted by Crippen LogP contribution is -2.24. The number of aryl methyl sites for hydroxylation is 1. The van der Waals surface area contributed by atoms with E-state index in [2.05, 4.69) is 33.9 Å². The molecule has 0 aliphatic rings. The van der Waals surface area contributed by atoms with Gasteiger partial charge in [0, 0.05) is 37.5 Å². The molecular weight excluding hydrogens is 262 g/mol. The molecule has 4 heteroatoms. The van der Waals surface area contributed by atoms with E-state index in [-0.39, 0.29) is 5.91 Å². The molecule has 112 valence electrons. The summed E-state index contributed by atoms with van der Waals surface area (Å²) < 4.78 is 2.13. The summed E-state index contributed by atoms with van der Waals surface area (Å²) in [4.78, 5) is 15.9. The second kappa shape index (κ2) is 8.25. The van der Waals surface area contributed by atoms with Crippen LogP contribution in [0.1, 0.15) is 32.6 Å². The maximum atomic E-state index is 11.5. The fraction of sp³-hybridized carbons (Fsp3) is 0.412. The standard InChI is InChI=1S/C17H23N3O/c1-2-3-10-16(21)18-11-7-13-20-14-12-19-17(20)15-8-5-4-6-9-15/h4-6,8-9,12,14H,2-3,7,10-11,13H2,1H3,(H,18,21). The Morgan fingerprint density at radius 2 is 2.05 bits per heavy atom. The van der Waals surface area contributed by atoms with Crippen molar-refractivity contribution in [3.05, 3.63) is 42.7 Å². The van der Waals surface area contributed by atoms with Crippen LogP contribution < -0.4 is 5.32 Å². The number of carbonyl (C=O) groups excluding carboxylic acids is 1. The van der Waals surface area contributed by atoms with Crippen LogP contribution in [-0.4, -0.2) is 22.0 Å². The van der Waals surface area contributed by atoms with E-state index >= 15 is 0 Å². The second-order valence-corrected chi connectivity index (χ2v) is 5.12. The third-order valence-corrected chi connectivity index (χ3v) is 3.40. The maximum Gasteiger partial charge on any atom is 0.219 e. The molecular formula is C17H23N3O. The molecule has 0 saturated heterocycles. The van der Waals surface area contributed by atoms with E-state index in [0.717, 1.165) is 43.7 Å². The van der Waals surface area contributed by atoms with Crippen molar-refractivity contribution in [2.75, 3.05) is 6.54 Å². The zero-order valence-electron chi connectivity index (χ0n) is 12.6. The smallest absolute Gasteiger partial charge is 0.219 e. The first-order valence-corrected chi connectivity index (χ1v) is 7.64. The fourth-order valence-corrected chi connectivity index (χ4v) is 2.24. The van der Waals surface area contributed by atoms with E-state index in [0.29, 0.717) is 6.42 Å². The minimum absolute atomic E-state index is 0.158. The fourth-order valence-electron chi connectivity index (χ4n) is 2.24. The molecule has 1 aromatic carbocycles. The summed E-state index contributed by atoms with van der Waals surface area (Å²) in [5.41, 5.74) is 1.12. The Hall–Kier alpha value is -2.10. The van der Waals surface area contributed by atoms with Crippen molar-refractivity contribution < 1.29 is 4.79 Å². The average molecular weight is 285 g/mol. The molecule has 2 rings (SSSR count). The molecule has 2 aromatic rings. The van der Waals surface area contributed by atoms with Crippen LogP contribution in [0.3, 0.4) is 0 Å². The highest BCUT2D eigenvalue weighted by Crippen LogP contribution is 2.16. The molecule has 0 atom stereocenters. The normalized spacial score (nSPS) is 10.5. The van der Waals surface area contributed by atoms with Crippen molar-refractivity contribution in [3.8, 4) is 11.4 Å². The highest BCUT2D eigenvalue weighted by molar-refractivity contribution is 5.75. The Balaban J connectivity index is 1.80. The summed E-state index contributed by atoms with van der Waals surface area (Å²) in [5.74, 6) is 1.14. The largest absolute Gasteiger partial charge is 0.356 e. The number of rotatable bonds is 8. The van der Waals surface area contributed by atoms with Gasteiger partial charge in [-0.15, -0.1) is 0 Å². The van der Waals surface area contributed by atoms with E-state index < -0.39 is 0 Å². The number of carbonyl (C=O) groups is 1. The van der Waals surface area contributed by atoms with Gasteiger partial charge in [0.05, 0.1) is 0 Å². The van der Waals surface area contributed by atoms with Crippen LogP contribution in [0, 0.1) is 0 Å². The van der Waals surface area contributed by atoms with Gasteiger partial charge in [-0.25, -0.2) is 4.98 Å². The lowest BCUT2D eigenvalue weighted by atomic mass is 10.2. The van der Waals surface area contributed by atoms with E-state index in [1.165, 1.54) is 0 Å².